The molecule has 2 unspecified atom stereocenters. The molecule has 148 valence electrons. The van der Waals surface area contributed by atoms with Crippen molar-refractivity contribution in [1.82, 2.24) is 20.1 Å². The zero-order valence-corrected chi connectivity index (χ0v) is 17.8. The van der Waals surface area contributed by atoms with Crippen LogP contribution in [0, 0.1) is 5.92 Å². The Balaban J connectivity index is 1.78. The average molecular weight is 382 g/mol. The molecular weight excluding hydrogens is 346 g/mol. The zero-order chi connectivity index (χ0) is 18.9. The maximum absolute atomic E-state index is 5.34. The second-order valence-electron chi connectivity index (χ2n) is 7.31. The molecule has 6 nitrogen and oxygen atoms in total. The second-order valence-corrected chi connectivity index (χ2v) is 8.20. The van der Waals surface area contributed by atoms with Crippen LogP contribution in [0.2, 0.25) is 0 Å². The number of guanidine groups is 1. The molecule has 1 aliphatic rings. The minimum atomic E-state index is 0.0483. The van der Waals surface area contributed by atoms with Crippen LogP contribution in [0.1, 0.15) is 49.9 Å². The summed E-state index contributed by atoms with van der Waals surface area (Å²) in [5, 5.41) is 6.65. The molecule has 0 bridgehead atoms. The normalized spacial score (nSPS) is 18.6. The van der Waals surface area contributed by atoms with Gasteiger partial charge in [-0.05, 0) is 38.8 Å². The van der Waals surface area contributed by atoms with Gasteiger partial charge in [0.25, 0.3) is 0 Å². The van der Waals surface area contributed by atoms with Crippen LogP contribution in [0.25, 0.3) is 0 Å². The van der Waals surface area contributed by atoms with Crippen molar-refractivity contribution in [2.75, 3.05) is 47.4 Å². The van der Waals surface area contributed by atoms with Gasteiger partial charge in [-0.25, -0.2) is 4.98 Å². The molecule has 0 radical (unpaired) electrons. The van der Waals surface area contributed by atoms with E-state index < -0.39 is 0 Å². The Morgan fingerprint density at radius 2 is 2.12 bits per heavy atom. The summed E-state index contributed by atoms with van der Waals surface area (Å²) in [4.78, 5) is 13.8. The number of nitrogens with one attached hydrogen (secondary N) is 1. The van der Waals surface area contributed by atoms with Crippen LogP contribution in [-0.2, 0) is 11.3 Å². The number of hydrogen-bond acceptors (Lipinski definition) is 5. The van der Waals surface area contributed by atoms with Crippen molar-refractivity contribution in [2.24, 2.45) is 10.9 Å². The van der Waals surface area contributed by atoms with Crippen LogP contribution < -0.4 is 5.32 Å². The first-order valence-corrected chi connectivity index (χ1v) is 10.5. The third kappa shape index (κ3) is 6.52. The fourth-order valence-corrected chi connectivity index (χ4v) is 4.14. The molecule has 7 heteroatoms. The van der Waals surface area contributed by atoms with Crippen molar-refractivity contribution in [3.8, 4) is 0 Å². The van der Waals surface area contributed by atoms with Crippen LogP contribution in [-0.4, -0.2) is 68.1 Å². The quantitative estimate of drug-likeness (QED) is 0.554. The number of hydrogen-bond donors (Lipinski definition) is 1. The van der Waals surface area contributed by atoms with E-state index in [-0.39, 0.29) is 6.10 Å². The van der Waals surface area contributed by atoms with E-state index in [1.807, 2.05) is 14.0 Å². The van der Waals surface area contributed by atoms with E-state index in [2.05, 4.69) is 44.4 Å². The molecule has 0 aliphatic carbocycles. The van der Waals surface area contributed by atoms with E-state index in [0.717, 1.165) is 36.3 Å². The first kappa shape index (κ1) is 21.1. The van der Waals surface area contributed by atoms with Gasteiger partial charge in [0.2, 0.25) is 0 Å². The van der Waals surface area contributed by atoms with Crippen molar-refractivity contribution >= 4 is 17.3 Å². The molecule has 1 fully saturated rings. The zero-order valence-electron chi connectivity index (χ0n) is 17.0. The molecule has 1 aromatic rings. The van der Waals surface area contributed by atoms with Gasteiger partial charge in [-0.3, -0.25) is 4.99 Å². The molecule has 1 N–H and O–H groups in total. The predicted octanol–water partition coefficient (Wildman–Crippen LogP) is 2.98. The van der Waals surface area contributed by atoms with E-state index >= 15 is 0 Å². The number of methoxy groups -OCH3 is 1. The lowest BCUT2D eigenvalue weighted by molar-refractivity contribution is 0.119. The van der Waals surface area contributed by atoms with Crippen LogP contribution in [0.3, 0.4) is 0 Å². The Labute approximate surface area is 162 Å². The summed E-state index contributed by atoms with van der Waals surface area (Å²) in [5.41, 5.74) is 1.06. The number of piperidine rings is 1. The van der Waals surface area contributed by atoms with Crippen LogP contribution in [0.4, 0.5) is 0 Å². The summed E-state index contributed by atoms with van der Waals surface area (Å²) in [5.74, 6) is 1.52. The first-order valence-electron chi connectivity index (χ1n) is 9.64. The van der Waals surface area contributed by atoms with Crippen LogP contribution in [0.5, 0.6) is 0 Å². The van der Waals surface area contributed by atoms with Crippen molar-refractivity contribution in [3.05, 3.63) is 16.1 Å². The highest BCUT2D eigenvalue weighted by Crippen LogP contribution is 2.21. The van der Waals surface area contributed by atoms with Gasteiger partial charge in [0, 0.05) is 39.7 Å². The number of rotatable bonds is 8. The monoisotopic (exact) mass is 381 g/mol. The van der Waals surface area contributed by atoms with Gasteiger partial charge in [0.15, 0.2) is 5.96 Å². The molecular formula is C19H35N5OS. The topological polar surface area (TPSA) is 53.0 Å². The van der Waals surface area contributed by atoms with E-state index in [9.17, 15) is 0 Å². The second kappa shape index (κ2) is 10.8. The Kier molecular flexibility index (Phi) is 8.81. The molecule has 0 spiro atoms. The molecule has 0 aromatic carbocycles. The standard InChI is InChI=1S/C19H35N5OS/c1-15(12-24-9-7-6-8-10-24)11-21-19(20-3)23(4)13-17-14-26-18(22-17)16(2)25-5/h14-16H,6-13H2,1-5H3,(H,20,21). The third-order valence-corrected chi connectivity index (χ3v) is 5.93. The molecule has 1 saturated heterocycles. The Morgan fingerprint density at radius 3 is 2.77 bits per heavy atom. The fourth-order valence-electron chi connectivity index (χ4n) is 3.30. The summed E-state index contributed by atoms with van der Waals surface area (Å²) < 4.78 is 5.34. The van der Waals surface area contributed by atoms with E-state index in [4.69, 9.17) is 4.74 Å². The molecule has 2 rings (SSSR count). The van der Waals surface area contributed by atoms with Gasteiger partial charge in [0.05, 0.1) is 12.2 Å². The van der Waals surface area contributed by atoms with E-state index in [1.165, 1.54) is 32.4 Å². The molecule has 1 aromatic heterocycles. The van der Waals surface area contributed by atoms with Gasteiger partial charge in [-0.1, -0.05) is 13.3 Å². The summed E-state index contributed by atoms with van der Waals surface area (Å²) in [6.45, 7) is 9.70. The van der Waals surface area contributed by atoms with Crippen molar-refractivity contribution in [3.63, 3.8) is 0 Å². The lowest BCUT2D eigenvalue weighted by Gasteiger charge is -2.30. The van der Waals surface area contributed by atoms with Crippen LogP contribution in [0.15, 0.2) is 10.4 Å². The molecule has 2 atom stereocenters. The number of aliphatic imine (C=N–C) groups is 1. The van der Waals surface area contributed by atoms with E-state index in [1.54, 1.807) is 18.4 Å². The summed E-state index contributed by atoms with van der Waals surface area (Å²) in [6.07, 6.45) is 4.14. The van der Waals surface area contributed by atoms with Crippen LogP contribution >= 0.6 is 11.3 Å². The largest absolute Gasteiger partial charge is 0.375 e. The van der Waals surface area contributed by atoms with Crippen molar-refractivity contribution < 1.29 is 4.74 Å². The molecule has 2 heterocycles. The summed E-state index contributed by atoms with van der Waals surface area (Å²) in [6, 6.07) is 0. The number of likely N-dealkylation sites (tertiary alicyclic amines) is 1. The molecule has 0 saturated carbocycles. The molecule has 0 amide bonds. The Bertz CT molecular complexity index is 556. The highest BCUT2D eigenvalue weighted by atomic mass is 32.1. The Hall–Kier alpha value is -1.18. The summed E-state index contributed by atoms with van der Waals surface area (Å²) in [7, 11) is 5.62. The third-order valence-electron chi connectivity index (χ3n) is 4.87. The predicted molar refractivity (Wildman–Crippen MR) is 110 cm³/mol. The van der Waals surface area contributed by atoms with Gasteiger partial charge in [0.1, 0.15) is 11.1 Å². The molecule has 1 aliphatic heterocycles. The highest BCUT2D eigenvalue weighted by molar-refractivity contribution is 7.09. The number of ether oxygens (including phenoxy) is 1. The smallest absolute Gasteiger partial charge is 0.193 e. The number of nitrogens with zero attached hydrogens (tertiary/aromatic N) is 4. The highest BCUT2D eigenvalue weighted by Gasteiger charge is 2.16. The van der Waals surface area contributed by atoms with Gasteiger partial charge < -0.3 is 19.9 Å². The van der Waals surface area contributed by atoms with Gasteiger partial charge in [-0.2, -0.15) is 0 Å². The minimum Gasteiger partial charge on any atom is -0.375 e. The maximum Gasteiger partial charge on any atom is 0.193 e. The number of aromatic nitrogens is 1. The SMILES string of the molecule is CN=C(NCC(C)CN1CCCCC1)N(C)Cc1csc(C(C)OC)n1. The maximum atomic E-state index is 5.34. The van der Waals surface area contributed by atoms with E-state index in [0.29, 0.717) is 5.92 Å². The lowest BCUT2D eigenvalue weighted by atomic mass is 10.1. The fraction of sp³-hybridized carbons (Fsp3) is 0.789. The summed E-state index contributed by atoms with van der Waals surface area (Å²) >= 11 is 1.65. The lowest BCUT2D eigenvalue weighted by Crippen LogP contribution is -2.43. The first-order chi connectivity index (χ1) is 12.5. The Morgan fingerprint density at radius 1 is 1.38 bits per heavy atom. The van der Waals surface area contributed by atoms with Gasteiger partial charge >= 0.3 is 0 Å². The van der Waals surface area contributed by atoms with Gasteiger partial charge in [-0.15, -0.1) is 11.3 Å². The molecule has 26 heavy (non-hydrogen) atoms. The average Bonchev–Trinajstić information content (AvgIpc) is 3.10. The minimum absolute atomic E-state index is 0.0483. The van der Waals surface area contributed by atoms with Crippen molar-refractivity contribution in [2.45, 2.75) is 45.8 Å². The number of thiazole rings is 1. The van der Waals surface area contributed by atoms with Crippen molar-refractivity contribution in [1.29, 1.82) is 0 Å².